The lowest BCUT2D eigenvalue weighted by Crippen LogP contribution is -2.35. The number of amides is 2. The van der Waals surface area contributed by atoms with Gasteiger partial charge in [-0.3, -0.25) is 14.9 Å². The number of aromatic nitrogens is 1. The summed E-state index contributed by atoms with van der Waals surface area (Å²) in [5, 5.41) is 6.64. The summed E-state index contributed by atoms with van der Waals surface area (Å²) in [6, 6.07) is 28.4. The van der Waals surface area contributed by atoms with Crippen molar-refractivity contribution in [2.24, 2.45) is 5.92 Å². The molecule has 6 heteroatoms. The Hall–Kier alpha value is -4.16. The van der Waals surface area contributed by atoms with Crippen molar-refractivity contribution in [1.29, 1.82) is 0 Å². The maximum Gasteiger partial charge on any atom is 0.275 e. The molecule has 0 bridgehead atoms. The minimum absolute atomic E-state index is 0.299. The summed E-state index contributed by atoms with van der Waals surface area (Å²) in [6.45, 7) is 4.22. The second kappa shape index (κ2) is 11.3. The van der Waals surface area contributed by atoms with Crippen LogP contribution < -0.4 is 10.6 Å². The van der Waals surface area contributed by atoms with E-state index in [0.717, 1.165) is 60.7 Å². The molecule has 4 aromatic rings. The second-order valence-corrected chi connectivity index (χ2v) is 10.6. The number of imide groups is 1. The Morgan fingerprint density at radius 2 is 1.49 bits per heavy atom. The Balaban J connectivity index is 1.15. The highest BCUT2D eigenvalue weighted by molar-refractivity contribution is 6.38. The van der Waals surface area contributed by atoms with E-state index in [1.807, 2.05) is 54.7 Å². The molecule has 1 aromatic heterocycles. The quantitative estimate of drug-likeness (QED) is 0.289. The topological polar surface area (TPSA) is 66.4 Å². The van der Waals surface area contributed by atoms with Crippen LogP contribution in [0.15, 0.2) is 96.8 Å². The highest BCUT2D eigenvalue weighted by atomic mass is 16.2. The molecule has 0 atom stereocenters. The van der Waals surface area contributed by atoms with Crippen LogP contribution in [0.1, 0.15) is 30.4 Å². The number of carbonyl (C=O) groups is 2. The molecule has 3 heterocycles. The van der Waals surface area contributed by atoms with Crippen LogP contribution in [0.5, 0.6) is 0 Å². The van der Waals surface area contributed by atoms with Crippen LogP contribution in [0.4, 0.5) is 5.69 Å². The van der Waals surface area contributed by atoms with Crippen molar-refractivity contribution in [1.82, 2.24) is 14.8 Å². The number of rotatable bonds is 9. The molecular formula is C33H34N4O2. The van der Waals surface area contributed by atoms with Crippen LogP contribution in [0.3, 0.4) is 0 Å². The van der Waals surface area contributed by atoms with Crippen molar-refractivity contribution < 1.29 is 9.59 Å². The van der Waals surface area contributed by atoms with Gasteiger partial charge in [0.2, 0.25) is 0 Å². The van der Waals surface area contributed by atoms with E-state index in [4.69, 9.17) is 0 Å². The van der Waals surface area contributed by atoms with E-state index in [9.17, 15) is 9.59 Å². The van der Waals surface area contributed by atoms with Gasteiger partial charge in [0, 0.05) is 34.9 Å². The fraction of sp³-hybridized carbons (Fsp3) is 0.273. The van der Waals surface area contributed by atoms with Gasteiger partial charge in [-0.2, -0.15) is 0 Å². The van der Waals surface area contributed by atoms with Gasteiger partial charge in [-0.15, -0.1) is 0 Å². The fourth-order valence-electron chi connectivity index (χ4n) is 5.95. The zero-order valence-corrected chi connectivity index (χ0v) is 22.1. The summed E-state index contributed by atoms with van der Waals surface area (Å²) < 4.78 is 2.23. The van der Waals surface area contributed by atoms with Gasteiger partial charge < -0.3 is 14.8 Å². The summed E-state index contributed by atoms with van der Waals surface area (Å²) in [6.07, 6.45) is 6.75. The molecule has 1 saturated heterocycles. The van der Waals surface area contributed by atoms with Gasteiger partial charge in [-0.25, -0.2) is 0 Å². The molecule has 0 unspecified atom stereocenters. The smallest absolute Gasteiger partial charge is 0.275 e. The van der Waals surface area contributed by atoms with E-state index in [0.29, 0.717) is 11.3 Å². The number of fused-ring (bicyclic) bond motifs is 1. The molecule has 0 saturated carbocycles. The van der Waals surface area contributed by atoms with Gasteiger partial charge in [-0.1, -0.05) is 66.7 Å². The summed E-state index contributed by atoms with van der Waals surface area (Å²) in [4.78, 5) is 28.3. The van der Waals surface area contributed by atoms with Crippen LogP contribution in [0, 0.1) is 5.92 Å². The Labute approximate surface area is 229 Å². The molecule has 6 rings (SSSR count). The Bertz CT molecular complexity index is 1500. The standard InChI is InChI=1S/C33H34N4O2/c38-32-30(31(33(39)35-32)34-26-12-5-2-6-13-26)28-23-37(29-15-8-7-14-27(28)29)19-9-18-36-20-16-25(17-21-36)22-24-10-3-1-4-11-24/h1-8,10-15,23,25H,9,16-22H2,(H2,34,35,38,39). The zero-order chi connectivity index (χ0) is 26.6. The van der Waals surface area contributed by atoms with Crippen molar-refractivity contribution >= 4 is 34.0 Å². The van der Waals surface area contributed by atoms with Crippen LogP contribution in [-0.2, 0) is 22.6 Å². The van der Waals surface area contributed by atoms with Crippen molar-refractivity contribution in [3.63, 3.8) is 0 Å². The fourth-order valence-corrected chi connectivity index (χ4v) is 5.95. The maximum atomic E-state index is 13.0. The first kappa shape index (κ1) is 25.1. The van der Waals surface area contributed by atoms with Crippen LogP contribution in [-0.4, -0.2) is 40.9 Å². The molecule has 6 nitrogen and oxygen atoms in total. The van der Waals surface area contributed by atoms with Crippen molar-refractivity contribution in [3.8, 4) is 0 Å². The summed E-state index contributed by atoms with van der Waals surface area (Å²) in [5.41, 5.74) is 4.78. The third-order valence-electron chi connectivity index (χ3n) is 7.98. The van der Waals surface area contributed by atoms with Crippen molar-refractivity contribution in [2.45, 2.75) is 32.2 Å². The highest BCUT2D eigenvalue weighted by Crippen LogP contribution is 2.33. The number of nitrogens with zero attached hydrogens (tertiary/aromatic N) is 2. The summed E-state index contributed by atoms with van der Waals surface area (Å²) in [7, 11) is 0. The highest BCUT2D eigenvalue weighted by Gasteiger charge is 2.33. The van der Waals surface area contributed by atoms with Crippen molar-refractivity contribution in [3.05, 3.63) is 108 Å². The van der Waals surface area contributed by atoms with Gasteiger partial charge in [0.1, 0.15) is 5.70 Å². The molecule has 2 amide bonds. The van der Waals surface area contributed by atoms with Gasteiger partial charge >= 0.3 is 0 Å². The number of nitrogens with one attached hydrogen (secondary N) is 2. The summed E-state index contributed by atoms with van der Waals surface area (Å²) >= 11 is 0. The average Bonchev–Trinajstić information content (AvgIpc) is 3.46. The van der Waals surface area contributed by atoms with Gasteiger partial charge in [0.15, 0.2) is 0 Å². The minimum Gasteiger partial charge on any atom is -0.350 e. The van der Waals surface area contributed by atoms with Crippen LogP contribution in [0.2, 0.25) is 0 Å². The average molecular weight is 519 g/mol. The van der Waals surface area contributed by atoms with Gasteiger partial charge in [-0.05, 0) is 75.0 Å². The molecule has 3 aromatic carbocycles. The third kappa shape index (κ3) is 5.52. The first-order chi connectivity index (χ1) is 19.2. The zero-order valence-electron chi connectivity index (χ0n) is 22.1. The van der Waals surface area contributed by atoms with Crippen molar-refractivity contribution in [2.75, 3.05) is 25.0 Å². The predicted molar refractivity (Wildman–Crippen MR) is 156 cm³/mol. The van der Waals surface area contributed by atoms with Gasteiger partial charge in [0.05, 0.1) is 5.57 Å². The molecule has 0 aliphatic carbocycles. The first-order valence-corrected chi connectivity index (χ1v) is 13.9. The minimum atomic E-state index is -0.397. The van der Waals surface area contributed by atoms with Crippen LogP contribution in [0.25, 0.3) is 16.5 Å². The number of hydrogen-bond donors (Lipinski definition) is 2. The molecule has 1 fully saturated rings. The van der Waals surface area contributed by atoms with Gasteiger partial charge in [0.25, 0.3) is 11.8 Å². The predicted octanol–water partition coefficient (Wildman–Crippen LogP) is 5.47. The van der Waals surface area contributed by atoms with E-state index >= 15 is 0 Å². The number of para-hydroxylation sites is 2. The molecule has 2 aliphatic rings. The number of benzene rings is 3. The molecule has 0 radical (unpaired) electrons. The van der Waals surface area contributed by atoms with E-state index in [-0.39, 0.29) is 5.91 Å². The number of aryl methyl sites for hydroxylation is 1. The van der Waals surface area contributed by atoms with E-state index in [1.165, 1.54) is 24.8 Å². The number of hydrogen-bond acceptors (Lipinski definition) is 4. The molecule has 0 spiro atoms. The third-order valence-corrected chi connectivity index (χ3v) is 7.98. The van der Waals surface area contributed by atoms with E-state index < -0.39 is 5.91 Å². The number of carbonyl (C=O) groups excluding carboxylic acids is 2. The maximum absolute atomic E-state index is 13.0. The van der Waals surface area contributed by atoms with E-state index in [1.54, 1.807) is 0 Å². The largest absolute Gasteiger partial charge is 0.350 e. The summed E-state index contributed by atoms with van der Waals surface area (Å²) in [5.74, 6) is 0.0119. The van der Waals surface area contributed by atoms with E-state index in [2.05, 4.69) is 56.5 Å². The Morgan fingerprint density at radius 3 is 2.26 bits per heavy atom. The monoisotopic (exact) mass is 518 g/mol. The number of likely N-dealkylation sites (tertiary alicyclic amines) is 1. The Kier molecular flexibility index (Phi) is 7.28. The Morgan fingerprint density at radius 1 is 0.795 bits per heavy atom. The lowest BCUT2D eigenvalue weighted by atomic mass is 9.90. The molecule has 39 heavy (non-hydrogen) atoms. The second-order valence-electron chi connectivity index (χ2n) is 10.6. The lowest BCUT2D eigenvalue weighted by molar-refractivity contribution is -0.123. The number of anilines is 1. The van der Waals surface area contributed by atoms with Crippen LogP contribution >= 0.6 is 0 Å². The first-order valence-electron chi connectivity index (χ1n) is 13.9. The SMILES string of the molecule is O=C1NC(=O)C(c2cn(CCCN3CCC(Cc4ccccc4)CC3)c3ccccc23)=C1Nc1ccccc1. The number of piperidine rings is 1. The molecule has 198 valence electrons. The molecule has 2 aliphatic heterocycles. The lowest BCUT2D eigenvalue weighted by Gasteiger charge is -2.32. The normalized spacial score (nSPS) is 16.7. The molecule has 2 N–H and O–H groups in total. The molecular weight excluding hydrogens is 484 g/mol.